The van der Waals surface area contributed by atoms with Gasteiger partial charge in [0.25, 0.3) is 0 Å². The molecule has 0 saturated heterocycles. The van der Waals surface area contributed by atoms with Crippen LogP contribution in [0.2, 0.25) is 0 Å². The van der Waals surface area contributed by atoms with Crippen molar-refractivity contribution < 1.29 is 4.42 Å². The Hall–Kier alpha value is -7.93. The number of nitrogens with zero attached hydrogens (tertiary/aromatic N) is 3. The van der Waals surface area contributed by atoms with Gasteiger partial charge in [-0.25, -0.2) is 9.98 Å². The van der Waals surface area contributed by atoms with Crippen LogP contribution in [0.4, 0.5) is 0 Å². The zero-order valence-corrected chi connectivity index (χ0v) is 33.5. The maximum Gasteiger partial charge on any atom is 0.162 e. The van der Waals surface area contributed by atoms with Crippen LogP contribution in [-0.4, -0.2) is 22.5 Å². The first-order valence-electron chi connectivity index (χ1n) is 20.3. The largest absolute Gasteiger partial charge is 0.455 e. The van der Waals surface area contributed by atoms with Crippen LogP contribution in [0.25, 0.3) is 91.5 Å². The van der Waals surface area contributed by atoms with Gasteiger partial charge in [-0.2, -0.15) is 0 Å². The highest BCUT2D eigenvalue weighted by Crippen LogP contribution is 2.43. The van der Waals surface area contributed by atoms with E-state index in [2.05, 4.69) is 138 Å². The Bertz CT molecular complexity index is 3780. The lowest BCUT2D eigenvalue weighted by Gasteiger charge is -2.12. The highest BCUT2D eigenvalue weighted by Gasteiger charge is 2.20. The minimum atomic E-state index is 0.141. The number of aliphatic imine (C=N–C) groups is 2. The molecule has 0 aliphatic heterocycles. The minimum absolute atomic E-state index is 0.141. The molecule has 3 aromatic heterocycles. The van der Waals surface area contributed by atoms with Crippen LogP contribution in [0.5, 0.6) is 0 Å². The van der Waals surface area contributed by atoms with Gasteiger partial charge in [-0.1, -0.05) is 152 Å². The lowest BCUT2D eigenvalue weighted by Crippen LogP contribution is -2.05. The second-order valence-corrected chi connectivity index (χ2v) is 16.4. The summed E-state index contributed by atoms with van der Waals surface area (Å²) in [6.45, 7) is 0. The van der Waals surface area contributed by atoms with E-state index in [0.29, 0.717) is 5.84 Å². The fourth-order valence-electron chi connectivity index (χ4n) is 9.03. The van der Waals surface area contributed by atoms with Crippen LogP contribution >= 0.6 is 11.3 Å². The number of aromatic nitrogens is 1. The van der Waals surface area contributed by atoms with Crippen LogP contribution in [0.15, 0.2) is 209 Å². The molecule has 3 heterocycles. The molecule has 0 radical (unpaired) electrons. The Morgan fingerprint density at radius 2 is 1.25 bits per heavy atom. The van der Waals surface area contributed by atoms with Gasteiger partial charge in [0.2, 0.25) is 0 Å². The molecular weight excluding hydrogens is 765 g/mol. The lowest BCUT2D eigenvalue weighted by molar-refractivity contribution is 0.668. The third kappa shape index (κ3) is 5.72. The van der Waals surface area contributed by atoms with E-state index >= 15 is 0 Å². The Labute approximate surface area is 354 Å². The van der Waals surface area contributed by atoms with E-state index in [-0.39, 0.29) is 5.84 Å². The smallest absolute Gasteiger partial charge is 0.162 e. The lowest BCUT2D eigenvalue weighted by atomic mass is 9.95. The molecule has 1 N–H and O–H groups in total. The monoisotopic (exact) mass is 798 g/mol. The van der Waals surface area contributed by atoms with Crippen molar-refractivity contribution in [2.45, 2.75) is 0 Å². The Balaban J connectivity index is 1.05. The van der Waals surface area contributed by atoms with E-state index in [9.17, 15) is 0 Å². The number of hydrogen-bond donors (Lipinski definition) is 1. The summed E-state index contributed by atoms with van der Waals surface area (Å²) in [6.07, 6.45) is 1.82. The fourth-order valence-corrected chi connectivity index (χ4v) is 10.2. The van der Waals surface area contributed by atoms with Crippen LogP contribution in [0.3, 0.4) is 0 Å². The van der Waals surface area contributed by atoms with Gasteiger partial charge < -0.3 is 8.98 Å². The molecule has 0 unspecified atom stereocenters. The molecule has 5 nitrogen and oxygen atoms in total. The van der Waals surface area contributed by atoms with Gasteiger partial charge in [0.15, 0.2) is 11.7 Å². The Morgan fingerprint density at radius 1 is 0.541 bits per heavy atom. The number of hydrogen-bond acceptors (Lipinski definition) is 3. The number of amidine groups is 2. The summed E-state index contributed by atoms with van der Waals surface area (Å²) in [4.78, 5) is 10.0. The molecule has 0 aliphatic rings. The maximum absolute atomic E-state index is 9.11. The van der Waals surface area contributed by atoms with E-state index in [1.165, 1.54) is 38.2 Å². The van der Waals surface area contributed by atoms with Crippen molar-refractivity contribution in [1.82, 2.24) is 4.57 Å². The predicted molar refractivity (Wildman–Crippen MR) is 258 cm³/mol. The van der Waals surface area contributed by atoms with Crippen LogP contribution in [0.1, 0.15) is 16.7 Å². The molecular formula is C55H34N4OS. The van der Waals surface area contributed by atoms with Gasteiger partial charge in [0.1, 0.15) is 11.2 Å². The summed E-state index contributed by atoms with van der Waals surface area (Å²) in [5.41, 5.74) is 9.86. The molecule has 0 amide bonds. The summed E-state index contributed by atoms with van der Waals surface area (Å²) in [5, 5.41) is 18.3. The maximum atomic E-state index is 9.11. The van der Waals surface area contributed by atoms with Gasteiger partial charge >= 0.3 is 0 Å². The first kappa shape index (κ1) is 35.1. The number of furan rings is 1. The van der Waals surface area contributed by atoms with Gasteiger partial charge in [-0.15, -0.1) is 11.3 Å². The van der Waals surface area contributed by atoms with E-state index in [4.69, 9.17) is 19.8 Å². The van der Waals surface area contributed by atoms with E-state index in [1.807, 2.05) is 66.9 Å². The van der Waals surface area contributed by atoms with E-state index < -0.39 is 0 Å². The van der Waals surface area contributed by atoms with Crippen LogP contribution in [0, 0.1) is 5.41 Å². The highest BCUT2D eigenvalue weighted by atomic mass is 32.1. The number of fused-ring (bicyclic) bond motifs is 11. The minimum Gasteiger partial charge on any atom is -0.455 e. The zero-order valence-electron chi connectivity index (χ0n) is 32.7. The molecule has 0 fully saturated rings. The predicted octanol–water partition coefficient (Wildman–Crippen LogP) is 14.8. The average Bonchev–Trinajstić information content (AvgIpc) is 4.00. The van der Waals surface area contributed by atoms with Gasteiger partial charge in [-0.3, -0.25) is 5.41 Å². The molecule has 0 aliphatic carbocycles. The van der Waals surface area contributed by atoms with Gasteiger partial charge in [-0.05, 0) is 64.4 Å². The second kappa shape index (κ2) is 14.1. The standard InChI is InChI=1S/C55H34N4OS/c56-54(35-17-5-2-6-18-35)58-55(57-33-36-19-13-24-41-39-21-10-12-27-48(39)60-53(36)41)44-25-14-28-49-52(44)43-30-29-37(31-50(43)61-49)59-46-26-11-9-23-42(46)51-40-22-8-7-20-38(40)45(32-47(51)59)34-15-3-1-4-16-34/h1-33,56H/b56-54?,57-33+,58-55-. The van der Waals surface area contributed by atoms with Gasteiger partial charge in [0.05, 0.1) is 11.0 Å². The number of rotatable bonds is 5. The SMILES string of the molecule is N=C(/N=C(\N=C\c1cccc2c1oc1ccccc12)c1cccc2sc3cc(-n4c5ccccc5c5c6ccccc6c(-c6ccccc6)cc54)ccc3c12)c1ccccc1. The molecule has 6 heteroatoms. The molecule has 0 saturated carbocycles. The topological polar surface area (TPSA) is 66.6 Å². The molecule has 0 bridgehead atoms. The van der Waals surface area contributed by atoms with Crippen molar-refractivity contribution >= 4 is 104 Å². The number of thiophene rings is 1. The Morgan fingerprint density at radius 3 is 2.10 bits per heavy atom. The summed E-state index contributed by atoms with van der Waals surface area (Å²) in [6, 6.07) is 67.5. The number of para-hydroxylation sites is 3. The summed E-state index contributed by atoms with van der Waals surface area (Å²) < 4.78 is 11.1. The van der Waals surface area contributed by atoms with Crippen molar-refractivity contribution in [2.24, 2.45) is 9.98 Å². The van der Waals surface area contributed by atoms with E-state index in [1.54, 1.807) is 11.3 Å². The van der Waals surface area contributed by atoms with E-state index in [0.717, 1.165) is 70.0 Å². The van der Waals surface area contributed by atoms with Crippen molar-refractivity contribution in [2.75, 3.05) is 0 Å². The normalized spacial score (nSPS) is 12.4. The highest BCUT2D eigenvalue weighted by molar-refractivity contribution is 7.25. The van der Waals surface area contributed by atoms with Crippen molar-refractivity contribution in [3.05, 3.63) is 211 Å². The van der Waals surface area contributed by atoms with Crippen molar-refractivity contribution in [3.63, 3.8) is 0 Å². The molecule has 0 spiro atoms. The molecule has 61 heavy (non-hydrogen) atoms. The van der Waals surface area contributed by atoms with Crippen molar-refractivity contribution in [1.29, 1.82) is 5.41 Å². The average molecular weight is 799 g/mol. The van der Waals surface area contributed by atoms with Crippen LogP contribution < -0.4 is 0 Å². The van der Waals surface area contributed by atoms with Crippen molar-refractivity contribution in [3.8, 4) is 16.8 Å². The summed E-state index contributed by atoms with van der Waals surface area (Å²) >= 11 is 1.76. The van der Waals surface area contributed by atoms with Gasteiger partial charge in [0, 0.05) is 70.3 Å². The fraction of sp³-hybridized carbons (Fsp3) is 0. The number of benzene rings is 9. The third-order valence-electron chi connectivity index (χ3n) is 11.8. The first-order chi connectivity index (χ1) is 30.2. The number of nitrogens with one attached hydrogen (secondary N) is 1. The summed E-state index contributed by atoms with van der Waals surface area (Å²) in [7, 11) is 0. The second-order valence-electron chi connectivity index (χ2n) is 15.3. The molecule has 12 rings (SSSR count). The Kier molecular flexibility index (Phi) is 8.11. The molecule has 286 valence electrons. The summed E-state index contributed by atoms with van der Waals surface area (Å²) in [5.74, 6) is 0.598. The quantitative estimate of drug-likeness (QED) is 0.137. The molecule has 12 aromatic rings. The van der Waals surface area contributed by atoms with Crippen LogP contribution in [-0.2, 0) is 0 Å². The third-order valence-corrected chi connectivity index (χ3v) is 12.9. The molecule has 0 atom stereocenters. The first-order valence-corrected chi connectivity index (χ1v) is 21.1. The molecule has 9 aromatic carbocycles. The zero-order chi connectivity index (χ0) is 40.4.